The molecule has 0 radical (unpaired) electrons. The summed E-state index contributed by atoms with van der Waals surface area (Å²) in [6.07, 6.45) is -3.02. The second-order valence-electron chi connectivity index (χ2n) is 20.5. The number of benzene rings is 1. The average molecular weight is 919 g/mol. The van der Waals surface area contributed by atoms with Crippen molar-refractivity contribution in [2.24, 2.45) is 16.7 Å². The predicted octanol–water partition coefficient (Wildman–Crippen LogP) is 4.09. The lowest BCUT2D eigenvalue weighted by Gasteiger charge is -2.67. The van der Waals surface area contributed by atoms with E-state index in [1.165, 1.54) is 6.92 Å². The number of hydrogen-bond acceptors (Lipinski definition) is 16. The summed E-state index contributed by atoms with van der Waals surface area (Å²) in [7, 11) is 4.85. The highest BCUT2D eigenvalue weighted by molar-refractivity contribution is 5.89. The van der Waals surface area contributed by atoms with Crippen molar-refractivity contribution in [1.29, 1.82) is 0 Å². The van der Waals surface area contributed by atoms with E-state index in [-0.39, 0.29) is 44.0 Å². The summed E-state index contributed by atoms with van der Waals surface area (Å²) in [5, 5.41) is 59.6. The number of hydrogen-bond donors (Lipinski definition) is 5. The van der Waals surface area contributed by atoms with Gasteiger partial charge >= 0.3 is 5.97 Å². The van der Waals surface area contributed by atoms with Crippen LogP contribution < -0.4 is 0 Å². The lowest BCUT2D eigenvalue weighted by atomic mass is 9.42. The first-order valence-electron chi connectivity index (χ1n) is 23.8. The number of ether oxygens (including phenoxy) is 10. The molecule has 3 saturated heterocycles. The summed E-state index contributed by atoms with van der Waals surface area (Å²) >= 11 is 0. The zero-order valence-electron chi connectivity index (χ0n) is 39.5. The van der Waals surface area contributed by atoms with Crippen molar-refractivity contribution in [2.75, 3.05) is 21.3 Å². The zero-order valence-corrected chi connectivity index (χ0v) is 39.5. The number of esters is 1. The van der Waals surface area contributed by atoms with Crippen molar-refractivity contribution in [3.05, 3.63) is 47.5 Å². The van der Waals surface area contributed by atoms with E-state index in [4.69, 9.17) is 47.4 Å². The molecule has 16 nitrogen and oxygen atoms in total. The number of fused-ring (bicyclic) bond motifs is 5. The van der Waals surface area contributed by atoms with Crippen LogP contribution in [0, 0.1) is 16.7 Å². The first kappa shape index (κ1) is 49.3. The Labute approximate surface area is 383 Å². The van der Waals surface area contributed by atoms with Gasteiger partial charge in [0.1, 0.15) is 41.2 Å². The van der Waals surface area contributed by atoms with Gasteiger partial charge in [0.15, 0.2) is 18.9 Å². The molecule has 21 atom stereocenters. The highest BCUT2D eigenvalue weighted by Crippen LogP contribution is 2.71. The van der Waals surface area contributed by atoms with E-state index in [0.29, 0.717) is 44.1 Å². The van der Waals surface area contributed by atoms with Gasteiger partial charge in [-0.05, 0) is 90.2 Å². The molecule has 21 unspecified atom stereocenters. The number of carbonyl (C=O) groups excluding carboxylic acids is 1. The maximum absolute atomic E-state index is 13.7. The Bertz CT molecular complexity index is 1850. The van der Waals surface area contributed by atoms with Crippen LogP contribution in [-0.2, 0) is 47.4 Å². The van der Waals surface area contributed by atoms with Crippen LogP contribution in [0.15, 0.2) is 42.0 Å². The maximum atomic E-state index is 13.7. The van der Waals surface area contributed by atoms with Gasteiger partial charge in [-0.15, -0.1) is 0 Å². The van der Waals surface area contributed by atoms with Crippen LogP contribution in [0.1, 0.15) is 116 Å². The van der Waals surface area contributed by atoms with E-state index >= 15 is 0 Å². The van der Waals surface area contributed by atoms with E-state index in [2.05, 4.69) is 6.92 Å². The molecule has 0 spiro atoms. The highest BCUT2D eigenvalue weighted by atomic mass is 16.7. The summed E-state index contributed by atoms with van der Waals surface area (Å²) in [6.45, 7) is 10.9. The fraction of sp³-hybridized carbons (Fsp3) is 0.816. The molecule has 4 aliphatic carbocycles. The molecule has 16 heteroatoms. The lowest BCUT2D eigenvalue weighted by Crippen LogP contribution is -2.78. The molecule has 3 saturated carbocycles. The number of methoxy groups -OCH3 is 3. The van der Waals surface area contributed by atoms with E-state index < -0.39 is 113 Å². The Balaban J connectivity index is 0.923. The normalized spacial score (nSPS) is 49.2. The second kappa shape index (κ2) is 18.6. The SMILES string of the molecule is COC1CC(OC2C(C)OC(OC3C(C)OC(OC4CCC5(C)C(=CCC6(O)C5CC(OC(=O)c5ccccc5)C5(C)C(O)(C(C)O)CCC65O)C4)CC3OC)CC2OC)OC(C)C1O. The van der Waals surface area contributed by atoms with Crippen molar-refractivity contribution in [3.63, 3.8) is 0 Å². The van der Waals surface area contributed by atoms with Gasteiger partial charge in [-0.1, -0.05) is 43.7 Å². The van der Waals surface area contributed by atoms with E-state index in [0.717, 1.165) is 5.57 Å². The fourth-order valence-corrected chi connectivity index (χ4v) is 13.3. The largest absolute Gasteiger partial charge is 0.458 e. The molecule has 7 aliphatic rings. The minimum Gasteiger partial charge on any atom is -0.458 e. The molecular weight excluding hydrogens is 845 g/mol. The first-order chi connectivity index (χ1) is 30.8. The molecule has 6 fully saturated rings. The number of carbonyl (C=O) groups is 1. The first-order valence-corrected chi connectivity index (χ1v) is 23.8. The van der Waals surface area contributed by atoms with Crippen molar-refractivity contribution in [3.8, 4) is 0 Å². The number of rotatable bonds is 12. The number of aliphatic hydroxyl groups excluding tert-OH is 2. The third-order valence-electron chi connectivity index (χ3n) is 17.3. The van der Waals surface area contributed by atoms with E-state index in [9.17, 15) is 30.3 Å². The molecule has 65 heavy (non-hydrogen) atoms. The van der Waals surface area contributed by atoms with Crippen molar-refractivity contribution in [1.82, 2.24) is 0 Å². The molecule has 0 amide bonds. The minimum atomic E-state index is -1.89. The third-order valence-corrected chi connectivity index (χ3v) is 17.3. The predicted molar refractivity (Wildman–Crippen MR) is 232 cm³/mol. The van der Waals surface area contributed by atoms with Crippen molar-refractivity contribution < 1.29 is 77.7 Å². The molecule has 0 bridgehead atoms. The Kier molecular flexibility index (Phi) is 14.1. The summed E-state index contributed by atoms with van der Waals surface area (Å²) < 4.78 is 62.3. The molecule has 3 heterocycles. The average Bonchev–Trinajstić information content (AvgIpc) is 3.51. The van der Waals surface area contributed by atoms with Crippen LogP contribution >= 0.6 is 0 Å². The smallest absolute Gasteiger partial charge is 0.338 e. The van der Waals surface area contributed by atoms with Gasteiger partial charge in [-0.25, -0.2) is 4.79 Å². The highest BCUT2D eigenvalue weighted by Gasteiger charge is 2.81. The van der Waals surface area contributed by atoms with Gasteiger partial charge in [0, 0.05) is 46.5 Å². The van der Waals surface area contributed by atoms with Crippen molar-refractivity contribution in [2.45, 2.75) is 215 Å². The van der Waals surface area contributed by atoms with Crippen LogP contribution in [0.4, 0.5) is 0 Å². The van der Waals surface area contributed by atoms with E-state index in [1.54, 1.807) is 65.5 Å². The summed E-state index contributed by atoms with van der Waals surface area (Å²) in [5.74, 6) is -1.13. The summed E-state index contributed by atoms with van der Waals surface area (Å²) in [6, 6.07) is 8.60. The maximum Gasteiger partial charge on any atom is 0.338 e. The molecule has 366 valence electrons. The van der Waals surface area contributed by atoms with Gasteiger partial charge in [0.25, 0.3) is 0 Å². The lowest BCUT2D eigenvalue weighted by molar-refractivity contribution is -0.339. The van der Waals surface area contributed by atoms with Crippen LogP contribution in [0.5, 0.6) is 0 Å². The van der Waals surface area contributed by atoms with Gasteiger partial charge < -0.3 is 72.9 Å². The van der Waals surface area contributed by atoms with Gasteiger partial charge in [-0.2, -0.15) is 0 Å². The quantitative estimate of drug-likeness (QED) is 0.148. The van der Waals surface area contributed by atoms with Gasteiger partial charge in [0.05, 0.1) is 59.8 Å². The Morgan fingerprint density at radius 2 is 1.31 bits per heavy atom. The molecule has 0 aromatic heterocycles. The van der Waals surface area contributed by atoms with Crippen LogP contribution in [0.3, 0.4) is 0 Å². The number of aliphatic hydroxyl groups is 5. The van der Waals surface area contributed by atoms with E-state index in [1.807, 2.05) is 19.9 Å². The summed E-state index contributed by atoms with van der Waals surface area (Å²) in [5.41, 5.74) is -6.16. The molecule has 1 aromatic rings. The molecule has 8 rings (SSSR count). The van der Waals surface area contributed by atoms with Gasteiger partial charge in [-0.3, -0.25) is 0 Å². The second-order valence-corrected chi connectivity index (χ2v) is 20.5. The molecular formula is C49H74O16. The van der Waals surface area contributed by atoms with Gasteiger partial charge in [0.2, 0.25) is 0 Å². The van der Waals surface area contributed by atoms with Crippen LogP contribution in [0.25, 0.3) is 0 Å². The summed E-state index contributed by atoms with van der Waals surface area (Å²) in [4.78, 5) is 13.7. The topological polar surface area (TPSA) is 211 Å². The minimum absolute atomic E-state index is 0.0238. The zero-order chi connectivity index (χ0) is 46.9. The third kappa shape index (κ3) is 8.26. The molecule has 1 aromatic carbocycles. The molecule has 3 aliphatic heterocycles. The fourth-order valence-electron chi connectivity index (χ4n) is 13.3. The molecule has 5 N–H and O–H groups in total. The van der Waals surface area contributed by atoms with Crippen LogP contribution in [0.2, 0.25) is 0 Å². The van der Waals surface area contributed by atoms with Crippen molar-refractivity contribution >= 4 is 5.97 Å². The monoisotopic (exact) mass is 918 g/mol. The Morgan fingerprint density at radius 1 is 0.754 bits per heavy atom. The van der Waals surface area contributed by atoms with Crippen LogP contribution in [-0.4, -0.2) is 162 Å². The standard InChI is InChI=1S/C49H74O16/c1-26-41(51)33(56-7)22-39(59-26)64-43-28(3)61-40(24-35(43)58-9)65-42-27(2)60-38(23-34(42)57-8)62-32-16-17-45(5)31(21-32)15-18-48(54)36(45)25-37(63-44(52)30-13-11-10-12-14-30)46(6)47(53,29(4)50)19-20-49(46,48)55/h10-15,26-29,32-43,50-51,53-55H,16-25H2,1-9H3. The Hall–Kier alpha value is -2.13. The Morgan fingerprint density at radius 3 is 1.88 bits per heavy atom.